The van der Waals surface area contributed by atoms with Gasteiger partial charge in [0, 0.05) is 14.1 Å². The Morgan fingerprint density at radius 1 is 1.44 bits per heavy atom. The molecule has 18 heavy (non-hydrogen) atoms. The van der Waals surface area contributed by atoms with Gasteiger partial charge in [-0.2, -0.15) is 0 Å². The van der Waals surface area contributed by atoms with Gasteiger partial charge >= 0.3 is 6.03 Å². The van der Waals surface area contributed by atoms with Crippen LogP contribution in [0.5, 0.6) is 0 Å². The topological polar surface area (TPSA) is 81.2 Å². The molecule has 0 aromatic rings. The van der Waals surface area contributed by atoms with E-state index in [0.717, 1.165) is 4.90 Å². The number of aliphatic hydroxyl groups is 1. The van der Waals surface area contributed by atoms with Crippen LogP contribution in [0.3, 0.4) is 0 Å². The molecule has 102 valence electrons. The van der Waals surface area contributed by atoms with Crippen molar-refractivity contribution in [2.45, 2.75) is 19.4 Å². The van der Waals surface area contributed by atoms with Crippen LogP contribution < -0.4 is 0 Å². The summed E-state index contributed by atoms with van der Waals surface area (Å²) in [6.45, 7) is 2.91. The second-order valence-corrected chi connectivity index (χ2v) is 5.04. The zero-order chi connectivity index (χ0) is 14.1. The number of aliphatic hydroxyl groups excluding tert-OH is 1. The van der Waals surface area contributed by atoms with E-state index in [1.165, 1.54) is 23.9 Å². The molecule has 7 nitrogen and oxygen atoms in total. The van der Waals surface area contributed by atoms with Crippen molar-refractivity contribution in [3.63, 3.8) is 0 Å². The first-order valence-electron chi connectivity index (χ1n) is 5.63. The number of likely N-dealkylation sites (N-methyl/N-ethyl adjacent to an activating group) is 2. The smallest absolute Gasteiger partial charge is 0.327 e. The van der Waals surface area contributed by atoms with Crippen molar-refractivity contribution in [3.05, 3.63) is 0 Å². The summed E-state index contributed by atoms with van der Waals surface area (Å²) in [6.07, 6.45) is 0. The number of urea groups is 1. The number of carbonyl (C=O) groups excluding carboxylic acids is 3. The van der Waals surface area contributed by atoms with E-state index in [1.807, 2.05) is 0 Å². The van der Waals surface area contributed by atoms with E-state index < -0.39 is 11.6 Å². The first-order valence-corrected chi connectivity index (χ1v) is 5.63. The summed E-state index contributed by atoms with van der Waals surface area (Å²) in [5.74, 6) is -0.767. The summed E-state index contributed by atoms with van der Waals surface area (Å²) >= 11 is 0. The van der Waals surface area contributed by atoms with Crippen molar-refractivity contribution in [1.82, 2.24) is 14.7 Å². The van der Waals surface area contributed by atoms with Gasteiger partial charge in [0.2, 0.25) is 5.91 Å². The minimum atomic E-state index is -0.727. The molecule has 0 aliphatic carbocycles. The van der Waals surface area contributed by atoms with Crippen LogP contribution in [-0.2, 0) is 9.59 Å². The van der Waals surface area contributed by atoms with Gasteiger partial charge in [-0.25, -0.2) is 4.79 Å². The highest BCUT2D eigenvalue weighted by atomic mass is 16.3. The molecule has 4 amide bonds. The molecule has 0 radical (unpaired) electrons. The molecule has 0 aromatic heterocycles. The Labute approximate surface area is 106 Å². The van der Waals surface area contributed by atoms with Crippen LogP contribution in [0.4, 0.5) is 4.79 Å². The standard InChI is InChI=1S/C11H19N3O4/c1-11(2,7-15)13(4)8(16)6-14-9(17)5-12(3)10(14)18/h15H,5-7H2,1-4H3. The van der Waals surface area contributed by atoms with Crippen LogP contribution in [0.25, 0.3) is 0 Å². The lowest BCUT2D eigenvalue weighted by Crippen LogP contribution is -2.51. The number of amides is 4. The molecule has 1 fully saturated rings. The van der Waals surface area contributed by atoms with E-state index in [4.69, 9.17) is 0 Å². The minimum absolute atomic E-state index is 0.000773. The zero-order valence-corrected chi connectivity index (χ0v) is 11.1. The molecule has 0 saturated carbocycles. The predicted molar refractivity (Wildman–Crippen MR) is 63.7 cm³/mol. The van der Waals surface area contributed by atoms with Gasteiger partial charge in [-0.15, -0.1) is 0 Å². The molecular weight excluding hydrogens is 238 g/mol. The van der Waals surface area contributed by atoms with Gasteiger partial charge in [0.25, 0.3) is 5.91 Å². The zero-order valence-electron chi connectivity index (χ0n) is 11.1. The van der Waals surface area contributed by atoms with Gasteiger partial charge in [0.1, 0.15) is 13.1 Å². The quantitative estimate of drug-likeness (QED) is 0.662. The lowest BCUT2D eigenvalue weighted by atomic mass is 10.1. The molecule has 0 spiro atoms. The summed E-state index contributed by atoms with van der Waals surface area (Å²) in [4.78, 5) is 38.6. The maximum absolute atomic E-state index is 12.0. The molecule has 0 aromatic carbocycles. The van der Waals surface area contributed by atoms with Crippen molar-refractivity contribution in [2.75, 3.05) is 33.8 Å². The third-order valence-corrected chi connectivity index (χ3v) is 3.19. The predicted octanol–water partition coefficient (Wildman–Crippen LogP) is -0.890. The molecule has 1 rings (SSSR count). The number of nitrogens with zero attached hydrogens (tertiary/aromatic N) is 3. The molecule has 1 aliphatic heterocycles. The summed E-state index contributed by atoms with van der Waals surface area (Å²) in [7, 11) is 3.04. The number of imide groups is 1. The summed E-state index contributed by atoms with van der Waals surface area (Å²) in [5.41, 5.74) is -0.727. The molecule has 1 heterocycles. The number of carbonyl (C=O) groups is 3. The normalized spacial score (nSPS) is 16.5. The fourth-order valence-corrected chi connectivity index (χ4v) is 1.51. The monoisotopic (exact) mass is 257 g/mol. The number of hydrogen-bond acceptors (Lipinski definition) is 4. The summed E-state index contributed by atoms with van der Waals surface area (Å²) in [6, 6.07) is -0.469. The fourth-order valence-electron chi connectivity index (χ4n) is 1.51. The Bertz CT molecular complexity index is 380. The molecule has 7 heteroatoms. The fraction of sp³-hybridized carbons (Fsp3) is 0.727. The van der Waals surface area contributed by atoms with Crippen LogP contribution in [0, 0.1) is 0 Å². The van der Waals surface area contributed by atoms with Gasteiger partial charge in [0.15, 0.2) is 0 Å². The Hall–Kier alpha value is -1.63. The third-order valence-electron chi connectivity index (χ3n) is 3.19. The lowest BCUT2D eigenvalue weighted by Gasteiger charge is -2.34. The van der Waals surface area contributed by atoms with Crippen molar-refractivity contribution in [1.29, 1.82) is 0 Å². The molecule has 0 bridgehead atoms. The maximum Gasteiger partial charge on any atom is 0.327 e. The van der Waals surface area contributed by atoms with Crippen molar-refractivity contribution in [2.24, 2.45) is 0 Å². The molecule has 0 atom stereocenters. The van der Waals surface area contributed by atoms with E-state index in [9.17, 15) is 19.5 Å². The van der Waals surface area contributed by atoms with Gasteiger partial charge in [0.05, 0.1) is 12.1 Å². The first kappa shape index (κ1) is 14.4. The summed E-state index contributed by atoms with van der Waals surface area (Å²) < 4.78 is 0. The first-order chi connectivity index (χ1) is 8.20. The van der Waals surface area contributed by atoms with E-state index in [2.05, 4.69) is 0 Å². The Balaban J connectivity index is 2.71. The highest BCUT2D eigenvalue weighted by molar-refractivity contribution is 6.04. The SMILES string of the molecule is CN1CC(=O)N(CC(=O)N(C)C(C)(C)CO)C1=O. The van der Waals surface area contributed by atoms with Gasteiger partial charge in [-0.05, 0) is 13.8 Å². The average Bonchev–Trinajstić information content (AvgIpc) is 2.54. The molecule has 1 saturated heterocycles. The largest absolute Gasteiger partial charge is 0.394 e. The van der Waals surface area contributed by atoms with Crippen LogP contribution in [0.15, 0.2) is 0 Å². The van der Waals surface area contributed by atoms with Gasteiger partial charge in [-0.1, -0.05) is 0 Å². The van der Waals surface area contributed by atoms with Gasteiger partial charge in [-0.3, -0.25) is 14.5 Å². The summed E-state index contributed by atoms with van der Waals surface area (Å²) in [5, 5.41) is 9.17. The van der Waals surface area contributed by atoms with E-state index in [-0.39, 0.29) is 31.5 Å². The minimum Gasteiger partial charge on any atom is -0.394 e. The molecule has 0 unspecified atom stereocenters. The van der Waals surface area contributed by atoms with E-state index in [1.54, 1.807) is 13.8 Å². The van der Waals surface area contributed by atoms with Crippen LogP contribution >= 0.6 is 0 Å². The molecule has 1 N–H and O–H groups in total. The van der Waals surface area contributed by atoms with Crippen LogP contribution in [-0.4, -0.2) is 77.0 Å². The van der Waals surface area contributed by atoms with Crippen LogP contribution in [0.2, 0.25) is 0 Å². The third kappa shape index (κ3) is 2.61. The van der Waals surface area contributed by atoms with Crippen molar-refractivity contribution in [3.8, 4) is 0 Å². The van der Waals surface area contributed by atoms with Crippen molar-refractivity contribution < 1.29 is 19.5 Å². The van der Waals surface area contributed by atoms with E-state index in [0.29, 0.717) is 0 Å². The lowest BCUT2D eigenvalue weighted by molar-refractivity contribution is -0.140. The average molecular weight is 257 g/mol. The Morgan fingerprint density at radius 2 is 2.00 bits per heavy atom. The van der Waals surface area contributed by atoms with Crippen molar-refractivity contribution >= 4 is 17.8 Å². The highest BCUT2D eigenvalue weighted by Crippen LogP contribution is 2.13. The van der Waals surface area contributed by atoms with Crippen LogP contribution in [0.1, 0.15) is 13.8 Å². The second kappa shape index (κ2) is 4.93. The second-order valence-electron chi connectivity index (χ2n) is 5.04. The maximum atomic E-state index is 12.0. The van der Waals surface area contributed by atoms with Gasteiger partial charge < -0.3 is 14.9 Å². The van der Waals surface area contributed by atoms with E-state index >= 15 is 0 Å². The Kier molecular flexibility index (Phi) is 3.95. The Morgan fingerprint density at radius 3 is 2.39 bits per heavy atom. The molecule has 1 aliphatic rings. The highest BCUT2D eigenvalue weighted by Gasteiger charge is 2.37. The molecular formula is C11H19N3O4. The number of rotatable bonds is 4. The number of hydrogen-bond donors (Lipinski definition) is 1.